The summed E-state index contributed by atoms with van der Waals surface area (Å²) in [5.74, 6) is 1.81. The van der Waals surface area contributed by atoms with Crippen molar-refractivity contribution in [1.29, 1.82) is 0 Å². The minimum atomic E-state index is -0.680. The van der Waals surface area contributed by atoms with Crippen molar-refractivity contribution in [2.24, 2.45) is 0 Å². The predicted octanol–water partition coefficient (Wildman–Crippen LogP) is 5.43. The quantitative estimate of drug-likeness (QED) is 0.425. The average Bonchev–Trinajstić information content (AvgIpc) is 3.22. The van der Waals surface area contributed by atoms with Crippen LogP contribution in [-0.2, 0) is 5.41 Å². The van der Waals surface area contributed by atoms with E-state index in [1.54, 1.807) is 26.4 Å². The van der Waals surface area contributed by atoms with E-state index in [0.717, 1.165) is 39.6 Å². The number of hydrogen-bond donors (Lipinski definition) is 2. The minimum Gasteiger partial charge on any atom is -0.508 e. The lowest BCUT2D eigenvalue weighted by Gasteiger charge is -2.36. The van der Waals surface area contributed by atoms with Gasteiger partial charge < -0.3 is 19.6 Å². The Hall–Kier alpha value is -3.66. The van der Waals surface area contributed by atoms with Crippen molar-refractivity contribution in [1.82, 2.24) is 4.98 Å². The molecule has 0 aliphatic heterocycles. The third-order valence-electron chi connectivity index (χ3n) is 5.57. The zero-order chi connectivity index (χ0) is 21.1. The number of methoxy groups -OCH3 is 2. The van der Waals surface area contributed by atoms with Crippen molar-refractivity contribution in [2.75, 3.05) is 14.2 Å². The molecule has 0 bridgehead atoms. The van der Waals surface area contributed by atoms with E-state index in [4.69, 9.17) is 9.47 Å². The van der Waals surface area contributed by atoms with Crippen LogP contribution >= 0.6 is 0 Å². The maximum absolute atomic E-state index is 9.96. The molecule has 1 heterocycles. The molecule has 152 valence electrons. The smallest absolute Gasteiger partial charge is 0.123 e. The second-order valence-corrected chi connectivity index (χ2v) is 7.28. The number of ether oxygens (including phenoxy) is 2. The lowest BCUT2D eigenvalue weighted by molar-refractivity contribution is 0.404. The molecule has 0 aliphatic rings. The molecular weight excluding hydrogens is 374 g/mol. The molecule has 0 saturated carbocycles. The first kappa shape index (κ1) is 19.6. The molecule has 2 N–H and O–H groups in total. The highest BCUT2D eigenvalue weighted by molar-refractivity contribution is 5.62. The first-order valence-electron chi connectivity index (χ1n) is 9.83. The SMILES string of the molecule is COc1ccc(C(c2ccc(O)cc2)(c2ccc(C)[nH]2)c2ccccc2OC)cc1. The Morgan fingerprint density at radius 2 is 1.37 bits per heavy atom. The van der Waals surface area contributed by atoms with Crippen molar-refractivity contribution < 1.29 is 14.6 Å². The predicted molar refractivity (Wildman–Crippen MR) is 119 cm³/mol. The molecule has 0 saturated heterocycles. The van der Waals surface area contributed by atoms with Gasteiger partial charge in [-0.05, 0) is 60.5 Å². The Bertz CT molecular complexity index is 1130. The summed E-state index contributed by atoms with van der Waals surface area (Å²) in [5, 5.41) is 9.96. The maximum atomic E-state index is 9.96. The van der Waals surface area contributed by atoms with Gasteiger partial charge in [-0.3, -0.25) is 0 Å². The van der Waals surface area contributed by atoms with Crippen molar-refractivity contribution in [3.8, 4) is 17.2 Å². The fourth-order valence-electron chi connectivity index (χ4n) is 4.16. The molecule has 0 spiro atoms. The summed E-state index contributed by atoms with van der Waals surface area (Å²) >= 11 is 0. The van der Waals surface area contributed by atoms with Crippen LogP contribution in [0.15, 0.2) is 84.9 Å². The van der Waals surface area contributed by atoms with E-state index in [1.807, 2.05) is 49.4 Å². The lowest BCUT2D eigenvalue weighted by atomic mass is 9.67. The second-order valence-electron chi connectivity index (χ2n) is 7.28. The summed E-state index contributed by atoms with van der Waals surface area (Å²) in [6.45, 7) is 2.04. The van der Waals surface area contributed by atoms with Gasteiger partial charge >= 0.3 is 0 Å². The molecule has 1 aromatic heterocycles. The molecule has 1 unspecified atom stereocenters. The van der Waals surface area contributed by atoms with Gasteiger partial charge in [-0.15, -0.1) is 0 Å². The first-order chi connectivity index (χ1) is 14.6. The van der Waals surface area contributed by atoms with E-state index >= 15 is 0 Å². The molecule has 0 fully saturated rings. The number of benzene rings is 3. The van der Waals surface area contributed by atoms with Crippen molar-refractivity contribution in [2.45, 2.75) is 12.3 Å². The molecule has 4 heteroatoms. The highest BCUT2D eigenvalue weighted by Crippen LogP contribution is 2.48. The van der Waals surface area contributed by atoms with Gasteiger partial charge in [0.2, 0.25) is 0 Å². The van der Waals surface area contributed by atoms with E-state index in [-0.39, 0.29) is 5.75 Å². The van der Waals surface area contributed by atoms with Gasteiger partial charge in [0.25, 0.3) is 0 Å². The standard InChI is InChI=1S/C26H25NO3/c1-18-8-17-25(27-18)26(19-9-13-21(28)14-10-19,20-11-15-22(29-2)16-12-20)23-6-4-5-7-24(23)30-3/h4-17,27-28H,1-3H3. The molecule has 0 amide bonds. The van der Waals surface area contributed by atoms with E-state index in [2.05, 4.69) is 35.3 Å². The minimum absolute atomic E-state index is 0.227. The van der Waals surface area contributed by atoms with Gasteiger partial charge in [0.1, 0.15) is 17.2 Å². The van der Waals surface area contributed by atoms with Crippen molar-refractivity contribution in [3.63, 3.8) is 0 Å². The average molecular weight is 399 g/mol. The Morgan fingerprint density at radius 3 is 1.93 bits per heavy atom. The van der Waals surface area contributed by atoms with E-state index in [0.29, 0.717) is 0 Å². The Balaban J connectivity index is 2.13. The molecule has 4 rings (SSSR count). The molecule has 3 aromatic carbocycles. The van der Waals surface area contributed by atoms with Crippen molar-refractivity contribution in [3.05, 3.63) is 113 Å². The number of hydrogen-bond acceptors (Lipinski definition) is 3. The number of H-pyrrole nitrogens is 1. The largest absolute Gasteiger partial charge is 0.508 e. The third-order valence-corrected chi connectivity index (χ3v) is 5.57. The number of nitrogens with one attached hydrogen (secondary N) is 1. The zero-order valence-electron chi connectivity index (χ0n) is 17.3. The molecule has 0 aliphatic carbocycles. The monoisotopic (exact) mass is 399 g/mol. The van der Waals surface area contributed by atoms with Crippen molar-refractivity contribution >= 4 is 0 Å². The Kier molecular flexibility index (Phi) is 5.23. The van der Waals surface area contributed by atoms with Crippen LogP contribution in [0.5, 0.6) is 17.2 Å². The highest BCUT2D eigenvalue weighted by atomic mass is 16.5. The van der Waals surface area contributed by atoms with Gasteiger partial charge in [0.05, 0.1) is 19.6 Å². The second kappa shape index (κ2) is 7.99. The summed E-state index contributed by atoms with van der Waals surface area (Å²) < 4.78 is 11.2. The van der Waals surface area contributed by atoms with Crippen LogP contribution in [0.1, 0.15) is 28.1 Å². The van der Waals surface area contributed by atoms with Gasteiger partial charge in [0.15, 0.2) is 0 Å². The molecule has 4 nitrogen and oxygen atoms in total. The Morgan fingerprint density at radius 1 is 0.733 bits per heavy atom. The first-order valence-corrected chi connectivity index (χ1v) is 9.83. The van der Waals surface area contributed by atoms with Gasteiger partial charge in [-0.1, -0.05) is 42.5 Å². The van der Waals surface area contributed by atoms with Crippen LogP contribution in [0.2, 0.25) is 0 Å². The van der Waals surface area contributed by atoms with Crippen LogP contribution in [0.4, 0.5) is 0 Å². The Labute approximate surface area is 176 Å². The summed E-state index contributed by atoms with van der Waals surface area (Å²) in [4.78, 5) is 3.56. The number of aromatic hydroxyl groups is 1. The van der Waals surface area contributed by atoms with Crippen LogP contribution < -0.4 is 9.47 Å². The summed E-state index contributed by atoms with van der Waals surface area (Å²) in [6.07, 6.45) is 0. The molecule has 4 aromatic rings. The van der Waals surface area contributed by atoms with Crippen LogP contribution in [0, 0.1) is 6.92 Å². The maximum Gasteiger partial charge on any atom is 0.123 e. The summed E-state index contributed by atoms with van der Waals surface area (Å²) in [6, 6.07) is 27.7. The van der Waals surface area contributed by atoms with Gasteiger partial charge in [0, 0.05) is 17.0 Å². The van der Waals surface area contributed by atoms with E-state index in [1.165, 1.54) is 0 Å². The van der Waals surface area contributed by atoms with Crippen LogP contribution in [0.3, 0.4) is 0 Å². The van der Waals surface area contributed by atoms with Crippen LogP contribution in [-0.4, -0.2) is 24.3 Å². The van der Waals surface area contributed by atoms with Gasteiger partial charge in [-0.2, -0.15) is 0 Å². The molecular formula is C26H25NO3. The molecule has 0 radical (unpaired) electrons. The fraction of sp³-hybridized carbons (Fsp3) is 0.154. The number of aromatic amines is 1. The number of para-hydroxylation sites is 1. The number of aryl methyl sites for hydroxylation is 1. The third kappa shape index (κ3) is 3.20. The normalized spacial score (nSPS) is 12.9. The lowest BCUT2D eigenvalue weighted by Crippen LogP contribution is -2.32. The highest BCUT2D eigenvalue weighted by Gasteiger charge is 2.41. The summed E-state index contributed by atoms with van der Waals surface area (Å²) in [7, 11) is 3.35. The number of aromatic nitrogens is 1. The molecule has 30 heavy (non-hydrogen) atoms. The number of phenols is 1. The van der Waals surface area contributed by atoms with E-state index < -0.39 is 5.41 Å². The summed E-state index contributed by atoms with van der Waals surface area (Å²) in [5.41, 5.74) is 4.47. The van der Waals surface area contributed by atoms with E-state index in [9.17, 15) is 5.11 Å². The number of rotatable bonds is 6. The van der Waals surface area contributed by atoms with Gasteiger partial charge in [-0.25, -0.2) is 0 Å². The zero-order valence-corrected chi connectivity index (χ0v) is 17.3. The molecule has 1 atom stereocenters. The van der Waals surface area contributed by atoms with Crippen LogP contribution in [0.25, 0.3) is 0 Å². The number of phenolic OH excluding ortho intramolecular Hbond substituents is 1. The fourth-order valence-corrected chi connectivity index (χ4v) is 4.16. The topological polar surface area (TPSA) is 54.5 Å².